The van der Waals surface area contributed by atoms with E-state index >= 15 is 0 Å². The van der Waals surface area contributed by atoms with E-state index < -0.39 is 0 Å². The number of carbonyl (C=O) groups is 1. The van der Waals surface area contributed by atoms with Crippen molar-refractivity contribution >= 4 is 5.91 Å². The first-order chi connectivity index (χ1) is 9.13. The van der Waals surface area contributed by atoms with Gasteiger partial charge in [-0.2, -0.15) is 0 Å². The number of amides is 1. The van der Waals surface area contributed by atoms with Gasteiger partial charge in [-0.25, -0.2) is 0 Å². The van der Waals surface area contributed by atoms with E-state index in [1.54, 1.807) is 0 Å². The minimum atomic E-state index is 0.259. The summed E-state index contributed by atoms with van der Waals surface area (Å²) in [6.45, 7) is 4.54. The molecule has 1 amide bonds. The normalized spacial score (nSPS) is 10.7. The third-order valence-electron chi connectivity index (χ3n) is 3.21. The minimum Gasteiger partial charge on any atom is -0.341 e. The molecule has 0 unspecified atom stereocenters. The Kier molecular flexibility index (Phi) is 7.19. The monoisotopic (exact) mass is 262 g/mol. The van der Waals surface area contributed by atoms with Gasteiger partial charge >= 0.3 is 0 Å². The van der Waals surface area contributed by atoms with Crippen LogP contribution < -0.4 is 0 Å². The Hall–Kier alpha value is -1.35. The van der Waals surface area contributed by atoms with Crippen molar-refractivity contribution in [2.75, 3.05) is 33.7 Å². The standard InChI is InChI=1S/C16H26N2O/c1-4-16(19)18(14-13-17(2)3)12-8-11-15-9-6-5-7-10-15/h5-7,9-10H,4,8,11-14H2,1-3H3. The molecule has 0 spiro atoms. The van der Waals surface area contributed by atoms with Gasteiger partial charge < -0.3 is 9.80 Å². The first-order valence-corrected chi connectivity index (χ1v) is 7.10. The van der Waals surface area contributed by atoms with Gasteiger partial charge in [0.15, 0.2) is 0 Å². The van der Waals surface area contributed by atoms with Crippen LogP contribution in [0, 0.1) is 0 Å². The molecule has 0 fully saturated rings. The van der Waals surface area contributed by atoms with Crippen LogP contribution in [-0.4, -0.2) is 49.4 Å². The number of rotatable bonds is 8. The molecule has 1 aromatic carbocycles. The van der Waals surface area contributed by atoms with E-state index in [1.165, 1.54) is 5.56 Å². The lowest BCUT2D eigenvalue weighted by Gasteiger charge is -2.24. The Balaban J connectivity index is 2.37. The van der Waals surface area contributed by atoms with Gasteiger partial charge in [-0.05, 0) is 32.5 Å². The van der Waals surface area contributed by atoms with Crippen molar-refractivity contribution in [3.8, 4) is 0 Å². The molecule has 0 radical (unpaired) electrons. The second-order valence-corrected chi connectivity index (χ2v) is 5.13. The van der Waals surface area contributed by atoms with Gasteiger partial charge in [-0.1, -0.05) is 37.3 Å². The van der Waals surface area contributed by atoms with Crippen molar-refractivity contribution in [3.05, 3.63) is 35.9 Å². The van der Waals surface area contributed by atoms with Crippen LogP contribution in [0.3, 0.4) is 0 Å². The van der Waals surface area contributed by atoms with E-state index in [-0.39, 0.29) is 5.91 Å². The van der Waals surface area contributed by atoms with E-state index in [0.29, 0.717) is 6.42 Å². The molecule has 106 valence electrons. The Bertz CT molecular complexity index is 362. The summed E-state index contributed by atoms with van der Waals surface area (Å²) >= 11 is 0. The second-order valence-electron chi connectivity index (χ2n) is 5.13. The molecule has 1 rings (SSSR count). The number of carbonyl (C=O) groups excluding carboxylic acids is 1. The molecule has 0 atom stereocenters. The van der Waals surface area contributed by atoms with Crippen LogP contribution in [0.25, 0.3) is 0 Å². The molecule has 0 aliphatic rings. The van der Waals surface area contributed by atoms with Gasteiger partial charge in [-0.3, -0.25) is 4.79 Å². The molecule has 0 saturated heterocycles. The van der Waals surface area contributed by atoms with Crippen molar-refractivity contribution in [3.63, 3.8) is 0 Å². The minimum absolute atomic E-state index is 0.259. The van der Waals surface area contributed by atoms with E-state index in [9.17, 15) is 4.79 Å². The third kappa shape index (κ3) is 6.39. The number of aryl methyl sites for hydroxylation is 1. The van der Waals surface area contributed by atoms with Crippen LogP contribution >= 0.6 is 0 Å². The van der Waals surface area contributed by atoms with Crippen molar-refractivity contribution in [2.45, 2.75) is 26.2 Å². The van der Waals surface area contributed by atoms with Crippen molar-refractivity contribution in [1.82, 2.24) is 9.80 Å². The van der Waals surface area contributed by atoms with Gasteiger partial charge in [0, 0.05) is 26.1 Å². The zero-order valence-corrected chi connectivity index (χ0v) is 12.4. The second kappa shape index (κ2) is 8.70. The maximum absolute atomic E-state index is 11.9. The third-order valence-corrected chi connectivity index (χ3v) is 3.21. The zero-order chi connectivity index (χ0) is 14.1. The van der Waals surface area contributed by atoms with Gasteiger partial charge in [0.25, 0.3) is 0 Å². The molecule has 0 saturated carbocycles. The first kappa shape index (κ1) is 15.7. The number of nitrogens with zero attached hydrogens (tertiary/aromatic N) is 2. The number of likely N-dealkylation sites (N-methyl/N-ethyl adjacent to an activating group) is 1. The average molecular weight is 262 g/mol. The van der Waals surface area contributed by atoms with Crippen molar-refractivity contribution in [1.29, 1.82) is 0 Å². The molecule has 19 heavy (non-hydrogen) atoms. The Morgan fingerprint density at radius 1 is 1.05 bits per heavy atom. The fourth-order valence-electron chi connectivity index (χ4n) is 2.02. The zero-order valence-electron chi connectivity index (χ0n) is 12.4. The van der Waals surface area contributed by atoms with E-state index in [2.05, 4.69) is 29.2 Å². The quantitative estimate of drug-likeness (QED) is 0.718. The lowest BCUT2D eigenvalue weighted by Crippen LogP contribution is -2.37. The van der Waals surface area contributed by atoms with Crippen LogP contribution in [0.15, 0.2) is 30.3 Å². The van der Waals surface area contributed by atoms with Crippen LogP contribution in [-0.2, 0) is 11.2 Å². The highest BCUT2D eigenvalue weighted by Crippen LogP contribution is 2.04. The van der Waals surface area contributed by atoms with Gasteiger partial charge in [-0.15, -0.1) is 0 Å². The molecule has 0 aliphatic heterocycles. The molecular weight excluding hydrogens is 236 g/mol. The fraction of sp³-hybridized carbons (Fsp3) is 0.562. The smallest absolute Gasteiger partial charge is 0.222 e. The van der Waals surface area contributed by atoms with Crippen LogP contribution in [0.4, 0.5) is 0 Å². The lowest BCUT2D eigenvalue weighted by molar-refractivity contribution is -0.131. The molecule has 1 aromatic rings. The van der Waals surface area contributed by atoms with Gasteiger partial charge in [0.2, 0.25) is 5.91 Å². The van der Waals surface area contributed by atoms with Crippen LogP contribution in [0.5, 0.6) is 0 Å². The summed E-state index contributed by atoms with van der Waals surface area (Å²) in [4.78, 5) is 16.0. The SMILES string of the molecule is CCC(=O)N(CCCc1ccccc1)CCN(C)C. The maximum Gasteiger partial charge on any atom is 0.222 e. The molecule has 3 nitrogen and oxygen atoms in total. The highest BCUT2D eigenvalue weighted by atomic mass is 16.2. The molecule has 0 bridgehead atoms. The predicted octanol–water partition coefficient (Wildman–Crippen LogP) is 2.42. The van der Waals surface area contributed by atoms with Crippen molar-refractivity contribution in [2.24, 2.45) is 0 Å². The summed E-state index contributed by atoms with van der Waals surface area (Å²) in [6, 6.07) is 10.5. The van der Waals surface area contributed by atoms with E-state index in [0.717, 1.165) is 32.5 Å². The summed E-state index contributed by atoms with van der Waals surface area (Å²) in [5, 5.41) is 0. The molecule has 0 aliphatic carbocycles. The van der Waals surface area contributed by atoms with Crippen molar-refractivity contribution < 1.29 is 4.79 Å². The Morgan fingerprint density at radius 3 is 2.32 bits per heavy atom. The van der Waals surface area contributed by atoms with E-state index in [1.807, 2.05) is 32.0 Å². The highest BCUT2D eigenvalue weighted by Gasteiger charge is 2.10. The summed E-state index contributed by atoms with van der Waals surface area (Å²) in [7, 11) is 4.08. The fourth-order valence-corrected chi connectivity index (χ4v) is 2.02. The Labute approximate surface area is 117 Å². The number of benzene rings is 1. The Morgan fingerprint density at radius 2 is 1.74 bits per heavy atom. The van der Waals surface area contributed by atoms with Crippen LogP contribution in [0.2, 0.25) is 0 Å². The summed E-state index contributed by atoms with van der Waals surface area (Å²) in [5.74, 6) is 0.259. The summed E-state index contributed by atoms with van der Waals surface area (Å²) in [6.07, 6.45) is 2.66. The highest BCUT2D eigenvalue weighted by molar-refractivity contribution is 5.75. The predicted molar refractivity (Wildman–Crippen MR) is 80.2 cm³/mol. The van der Waals surface area contributed by atoms with Crippen LogP contribution in [0.1, 0.15) is 25.3 Å². The maximum atomic E-state index is 11.9. The first-order valence-electron chi connectivity index (χ1n) is 7.10. The molecular formula is C16H26N2O. The molecule has 0 N–H and O–H groups in total. The summed E-state index contributed by atoms with van der Waals surface area (Å²) in [5.41, 5.74) is 1.35. The van der Waals surface area contributed by atoms with Gasteiger partial charge in [0.05, 0.1) is 0 Å². The summed E-state index contributed by atoms with van der Waals surface area (Å²) < 4.78 is 0. The van der Waals surface area contributed by atoms with E-state index in [4.69, 9.17) is 0 Å². The average Bonchev–Trinajstić information content (AvgIpc) is 2.42. The largest absolute Gasteiger partial charge is 0.341 e. The van der Waals surface area contributed by atoms with Gasteiger partial charge in [0.1, 0.15) is 0 Å². The topological polar surface area (TPSA) is 23.6 Å². The molecule has 0 heterocycles. The number of hydrogen-bond acceptors (Lipinski definition) is 2. The number of hydrogen-bond donors (Lipinski definition) is 0. The molecule has 3 heteroatoms. The molecule has 0 aromatic heterocycles. The lowest BCUT2D eigenvalue weighted by atomic mass is 10.1.